The monoisotopic (exact) mass is 227 g/mol. The van der Waals surface area contributed by atoms with Crippen LogP contribution in [-0.4, -0.2) is 23.5 Å². The first-order valence-corrected chi connectivity index (χ1v) is 5.52. The summed E-state index contributed by atoms with van der Waals surface area (Å²) in [4.78, 5) is 22.9. The predicted molar refractivity (Wildman–Crippen MR) is 57.8 cm³/mol. The normalized spacial score (nSPS) is 12.1. The minimum Gasteiger partial charge on any atom is -0.481 e. The molecule has 1 unspecified atom stereocenters. The van der Waals surface area contributed by atoms with Crippen LogP contribution in [0.2, 0.25) is 0 Å². The number of aliphatic carboxylic acids is 1. The highest BCUT2D eigenvalue weighted by Gasteiger charge is 2.19. The van der Waals surface area contributed by atoms with E-state index in [2.05, 4.69) is 5.32 Å². The average molecular weight is 227 g/mol. The summed E-state index contributed by atoms with van der Waals surface area (Å²) in [7, 11) is 0. The third-order valence-corrected chi connectivity index (χ3v) is 2.95. The van der Waals surface area contributed by atoms with Crippen molar-refractivity contribution in [3.05, 3.63) is 22.4 Å². The van der Waals surface area contributed by atoms with Gasteiger partial charge >= 0.3 is 5.97 Å². The molecule has 0 fully saturated rings. The van der Waals surface area contributed by atoms with E-state index in [0.717, 1.165) is 6.42 Å². The zero-order valence-electron chi connectivity index (χ0n) is 8.40. The number of amides is 1. The molecule has 0 aliphatic rings. The van der Waals surface area contributed by atoms with Crippen LogP contribution in [0.15, 0.2) is 17.5 Å². The van der Waals surface area contributed by atoms with Crippen molar-refractivity contribution in [2.75, 3.05) is 6.54 Å². The number of thiophene rings is 1. The van der Waals surface area contributed by atoms with Gasteiger partial charge in [0, 0.05) is 11.4 Å². The van der Waals surface area contributed by atoms with Crippen LogP contribution in [0.25, 0.3) is 0 Å². The summed E-state index contributed by atoms with van der Waals surface area (Å²) in [6, 6.07) is 3.93. The zero-order valence-corrected chi connectivity index (χ0v) is 9.21. The fourth-order valence-electron chi connectivity index (χ4n) is 1.03. The van der Waals surface area contributed by atoms with Crippen LogP contribution in [0.3, 0.4) is 0 Å². The lowest BCUT2D eigenvalue weighted by Crippen LogP contribution is -2.34. The lowest BCUT2D eigenvalue weighted by Gasteiger charge is -2.07. The maximum atomic E-state index is 11.2. The summed E-state index contributed by atoms with van der Waals surface area (Å²) in [6.07, 6.45) is 0.746. The molecule has 15 heavy (non-hydrogen) atoms. The van der Waals surface area contributed by atoms with Gasteiger partial charge in [-0.2, -0.15) is 0 Å². The Morgan fingerprint density at radius 3 is 2.87 bits per heavy atom. The molecule has 0 radical (unpaired) electrons. The number of hydrogen-bond acceptors (Lipinski definition) is 3. The Balaban J connectivity index is 2.26. The Morgan fingerprint density at radius 2 is 2.33 bits per heavy atom. The van der Waals surface area contributed by atoms with E-state index < -0.39 is 17.8 Å². The maximum absolute atomic E-state index is 11.2. The summed E-state index contributed by atoms with van der Waals surface area (Å²) in [6.45, 7) is 1.86. The predicted octanol–water partition coefficient (Wildman–Crippen LogP) is 1.13. The van der Waals surface area contributed by atoms with Crippen molar-refractivity contribution >= 4 is 23.2 Å². The van der Waals surface area contributed by atoms with Gasteiger partial charge in [-0.25, -0.2) is 0 Å². The first-order valence-electron chi connectivity index (χ1n) is 4.64. The molecule has 5 heteroatoms. The first-order chi connectivity index (χ1) is 7.11. The van der Waals surface area contributed by atoms with Crippen molar-refractivity contribution in [1.29, 1.82) is 0 Å². The third-order valence-electron chi connectivity index (χ3n) is 2.01. The van der Waals surface area contributed by atoms with Crippen LogP contribution in [-0.2, 0) is 16.0 Å². The van der Waals surface area contributed by atoms with Crippen molar-refractivity contribution in [2.24, 2.45) is 5.92 Å². The Bertz CT molecular complexity index is 334. The van der Waals surface area contributed by atoms with Crippen molar-refractivity contribution in [2.45, 2.75) is 13.3 Å². The van der Waals surface area contributed by atoms with Gasteiger partial charge in [0.15, 0.2) is 0 Å². The molecule has 0 aliphatic heterocycles. The highest BCUT2D eigenvalue weighted by atomic mass is 32.1. The molecule has 0 saturated heterocycles. The van der Waals surface area contributed by atoms with Crippen LogP contribution in [0.5, 0.6) is 0 Å². The molecule has 0 bridgehead atoms. The van der Waals surface area contributed by atoms with Gasteiger partial charge in [0.05, 0.1) is 0 Å². The second-order valence-corrected chi connectivity index (χ2v) is 4.21. The van der Waals surface area contributed by atoms with E-state index in [1.165, 1.54) is 11.8 Å². The number of carboxylic acid groups (broad SMARTS) is 1. The van der Waals surface area contributed by atoms with Gasteiger partial charge in [0.2, 0.25) is 5.91 Å². The molecular weight excluding hydrogens is 214 g/mol. The largest absolute Gasteiger partial charge is 0.481 e. The molecule has 1 atom stereocenters. The standard InChI is InChI=1S/C10H13NO3S/c1-7(10(13)14)9(12)11-5-4-8-3-2-6-15-8/h2-3,6-7H,4-5H2,1H3,(H,11,12)(H,13,14). The highest BCUT2D eigenvalue weighted by molar-refractivity contribution is 7.09. The number of carbonyl (C=O) groups is 2. The Morgan fingerprint density at radius 1 is 1.60 bits per heavy atom. The lowest BCUT2D eigenvalue weighted by molar-refractivity contribution is -0.146. The number of carbonyl (C=O) groups excluding carboxylic acids is 1. The van der Waals surface area contributed by atoms with Crippen LogP contribution < -0.4 is 5.32 Å². The quantitative estimate of drug-likeness (QED) is 0.741. The van der Waals surface area contributed by atoms with Crippen LogP contribution >= 0.6 is 11.3 Å². The molecule has 0 aromatic carbocycles. The van der Waals surface area contributed by atoms with Gasteiger partial charge in [-0.15, -0.1) is 11.3 Å². The summed E-state index contributed by atoms with van der Waals surface area (Å²) in [5.74, 6) is -2.50. The zero-order chi connectivity index (χ0) is 11.3. The molecule has 1 amide bonds. The summed E-state index contributed by atoms with van der Waals surface area (Å²) >= 11 is 1.62. The Labute approximate surface area is 91.9 Å². The molecule has 82 valence electrons. The molecule has 1 heterocycles. The Kier molecular flexibility index (Phi) is 4.30. The topological polar surface area (TPSA) is 66.4 Å². The molecule has 4 nitrogen and oxygen atoms in total. The van der Waals surface area contributed by atoms with E-state index in [-0.39, 0.29) is 0 Å². The number of carboxylic acids is 1. The van der Waals surface area contributed by atoms with Gasteiger partial charge in [0.25, 0.3) is 0 Å². The molecular formula is C10H13NO3S. The molecule has 1 aromatic heterocycles. The van der Waals surface area contributed by atoms with Crippen molar-refractivity contribution in [1.82, 2.24) is 5.32 Å². The summed E-state index contributed by atoms with van der Waals surface area (Å²) in [5, 5.41) is 13.1. The maximum Gasteiger partial charge on any atom is 0.315 e. The fraction of sp³-hybridized carbons (Fsp3) is 0.400. The number of hydrogen-bond donors (Lipinski definition) is 2. The van der Waals surface area contributed by atoms with E-state index in [9.17, 15) is 9.59 Å². The van der Waals surface area contributed by atoms with E-state index in [0.29, 0.717) is 6.54 Å². The minimum absolute atomic E-state index is 0.431. The van der Waals surface area contributed by atoms with Gasteiger partial charge in [-0.1, -0.05) is 6.07 Å². The summed E-state index contributed by atoms with van der Waals surface area (Å²) < 4.78 is 0. The van der Waals surface area contributed by atoms with Crippen molar-refractivity contribution in [3.63, 3.8) is 0 Å². The van der Waals surface area contributed by atoms with Crippen molar-refractivity contribution in [3.8, 4) is 0 Å². The van der Waals surface area contributed by atoms with Gasteiger partial charge in [0.1, 0.15) is 5.92 Å². The Hall–Kier alpha value is -1.36. The molecule has 0 saturated carbocycles. The molecule has 0 aliphatic carbocycles. The molecule has 1 rings (SSSR count). The van der Waals surface area contributed by atoms with E-state index >= 15 is 0 Å². The molecule has 2 N–H and O–H groups in total. The lowest BCUT2D eigenvalue weighted by atomic mass is 10.1. The average Bonchev–Trinajstić information content (AvgIpc) is 2.69. The highest BCUT2D eigenvalue weighted by Crippen LogP contribution is 2.08. The molecule has 1 aromatic rings. The van der Waals surface area contributed by atoms with E-state index in [1.807, 2.05) is 17.5 Å². The minimum atomic E-state index is -1.09. The van der Waals surface area contributed by atoms with E-state index in [4.69, 9.17) is 5.11 Å². The van der Waals surface area contributed by atoms with Crippen LogP contribution in [0.4, 0.5) is 0 Å². The van der Waals surface area contributed by atoms with Gasteiger partial charge < -0.3 is 10.4 Å². The van der Waals surface area contributed by atoms with Gasteiger partial charge in [-0.3, -0.25) is 9.59 Å². The number of rotatable bonds is 5. The second kappa shape index (κ2) is 5.50. The van der Waals surface area contributed by atoms with Crippen LogP contribution in [0.1, 0.15) is 11.8 Å². The SMILES string of the molecule is CC(C(=O)O)C(=O)NCCc1cccs1. The first kappa shape index (κ1) is 11.7. The molecule has 0 spiro atoms. The van der Waals surface area contributed by atoms with Crippen LogP contribution in [0, 0.1) is 5.92 Å². The third kappa shape index (κ3) is 3.71. The van der Waals surface area contributed by atoms with Gasteiger partial charge in [-0.05, 0) is 24.8 Å². The van der Waals surface area contributed by atoms with Crippen molar-refractivity contribution < 1.29 is 14.7 Å². The number of nitrogens with one attached hydrogen (secondary N) is 1. The fourth-order valence-corrected chi connectivity index (χ4v) is 1.74. The van der Waals surface area contributed by atoms with E-state index in [1.54, 1.807) is 11.3 Å². The smallest absolute Gasteiger partial charge is 0.315 e. The second-order valence-electron chi connectivity index (χ2n) is 3.18. The summed E-state index contributed by atoms with van der Waals surface area (Å²) in [5.41, 5.74) is 0.